The fourth-order valence-corrected chi connectivity index (χ4v) is 3.84. The molecule has 0 amide bonds. The van der Waals surface area contributed by atoms with E-state index in [1.54, 1.807) is 25.1 Å². The molecule has 0 aliphatic heterocycles. The molecule has 6 heteroatoms. The van der Waals surface area contributed by atoms with Gasteiger partial charge in [0.05, 0.1) is 24.9 Å². The molecular formula is C22H21N3O2S. The second-order valence-electron chi connectivity index (χ2n) is 6.19. The lowest BCUT2D eigenvalue weighted by Crippen LogP contribution is -1.92. The van der Waals surface area contributed by atoms with Crippen LogP contribution < -0.4 is 9.47 Å². The van der Waals surface area contributed by atoms with Crippen molar-refractivity contribution in [3.63, 3.8) is 0 Å². The third kappa shape index (κ3) is 3.97. The van der Waals surface area contributed by atoms with E-state index in [2.05, 4.69) is 23.2 Å². The third-order valence-corrected chi connectivity index (χ3v) is 5.42. The summed E-state index contributed by atoms with van der Waals surface area (Å²) < 4.78 is 12.6. The van der Waals surface area contributed by atoms with Gasteiger partial charge in [-0.2, -0.15) is 5.10 Å². The summed E-state index contributed by atoms with van der Waals surface area (Å²) in [7, 11) is 1.68. The molecule has 0 aliphatic carbocycles. The van der Waals surface area contributed by atoms with Crippen LogP contribution in [0, 0.1) is 0 Å². The van der Waals surface area contributed by atoms with Gasteiger partial charge in [0.2, 0.25) is 0 Å². The van der Waals surface area contributed by atoms with Gasteiger partial charge in [-0.1, -0.05) is 23.9 Å². The van der Waals surface area contributed by atoms with Crippen LogP contribution in [0.4, 0.5) is 0 Å². The van der Waals surface area contributed by atoms with Gasteiger partial charge in [-0.15, -0.1) is 0 Å². The van der Waals surface area contributed by atoms with Gasteiger partial charge in [0.15, 0.2) is 0 Å². The summed E-state index contributed by atoms with van der Waals surface area (Å²) in [6.07, 6.45) is 3.67. The van der Waals surface area contributed by atoms with Crippen molar-refractivity contribution >= 4 is 17.3 Å². The van der Waals surface area contributed by atoms with E-state index < -0.39 is 0 Å². The molecule has 0 bridgehead atoms. The van der Waals surface area contributed by atoms with Crippen molar-refractivity contribution < 1.29 is 9.47 Å². The first-order valence-corrected chi connectivity index (χ1v) is 10.1. The molecule has 4 aromatic rings. The Kier molecular flexibility index (Phi) is 5.48. The zero-order valence-corrected chi connectivity index (χ0v) is 16.6. The van der Waals surface area contributed by atoms with Gasteiger partial charge in [0, 0.05) is 23.7 Å². The highest BCUT2D eigenvalue weighted by Gasteiger charge is 2.10. The molecule has 28 heavy (non-hydrogen) atoms. The maximum absolute atomic E-state index is 5.52. The van der Waals surface area contributed by atoms with Gasteiger partial charge in [-0.3, -0.25) is 0 Å². The van der Waals surface area contributed by atoms with Crippen LogP contribution in [-0.2, 0) is 5.75 Å². The van der Waals surface area contributed by atoms with Gasteiger partial charge < -0.3 is 9.47 Å². The first-order chi connectivity index (χ1) is 13.8. The van der Waals surface area contributed by atoms with Crippen molar-refractivity contribution in [3.05, 3.63) is 72.6 Å². The fraction of sp³-hybridized carbons (Fsp3) is 0.182. The third-order valence-electron chi connectivity index (χ3n) is 4.35. The molecule has 0 atom stereocenters. The molecule has 0 aliphatic rings. The van der Waals surface area contributed by atoms with E-state index in [1.807, 2.05) is 54.0 Å². The SMILES string of the molecule is CCOc1ccc(-c2cc3c(SCc4ccc(OC)cc4)nccn3n2)cc1. The second kappa shape index (κ2) is 8.35. The van der Waals surface area contributed by atoms with E-state index in [4.69, 9.17) is 14.6 Å². The minimum absolute atomic E-state index is 0.661. The molecule has 0 fully saturated rings. The van der Waals surface area contributed by atoms with E-state index in [1.165, 1.54) is 5.56 Å². The van der Waals surface area contributed by atoms with Gasteiger partial charge in [0.25, 0.3) is 0 Å². The monoisotopic (exact) mass is 391 g/mol. The Morgan fingerprint density at radius 2 is 1.75 bits per heavy atom. The number of methoxy groups -OCH3 is 1. The number of benzene rings is 2. The normalized spacial score (nSPS) is 10.9. The average molecular weight is 391 g/mol. The first-order valence-electron chi connectivity index (χ1n) is 9.10. The van der Waals surface area contributed by atoms with E-state index in [0.717, 1.165) is 39.1 Å². The maximum Gasteiger partial charge on any atom is 0.122 e. The quantitative estimate of drug-likeness (QED) is 0.410. The molecule has 4 rings (SSSR count). The Morgan fingerprint density at radius 1 is 1.00 bits per heavy atom. The van der Waals surface area contributed by atoms with E-state index in [0.29, 0.717) is 6.61 Å². The maximum atomic E-state index is 5.52. The summed E-state index contributed by atoms with van der Waals surface area (Å²) in [5.74, 6) is 2.57. The van der Waals surface area contributed by atoms with Crippen LogP contribution in [0.25, 0.3) is 16.8 Å². The van der Waals surface area contributed by atoms with Crippen LogP contribution in [0.15, 0.2) is 72.0 Å². The minimum Gasteiger partial charge on any atom is -0.497 e. The number of thioether (sulfide) groups is 1. The number of hydrogen-bond donors (Lipinski definition) is 0. The Labute approximate surface area is 168 Å². The van der Waals surface area contributed by atoms with Crippen molar-refractivity contribution in [1.82, 2.24) is 14.6 Å². The molecule has 0 N–H and O–H groups in total. The summed E-state index contributed by atoms with van der Waals surface area (Å²) in [5, 5.41) is 5.66. The van der Waals surface area contributed by atoms with Gasteiger partial charge in [0.1, 0.15) is 16.5 Å². The molecule has 0 spiro atoms. The van der Waals surface area contributed by atoms with Crippen molar-refractivity contribution in [2.24, 2.45) is 0 Å². The minimum atomic E-state index is 0.661. The molecular weight excluding hydrogens is 370 g/mol. The zero-order chi connectivity index (χ0) is 19.3. The summed E-state index contributed by atoms with van der Waals surface area (Å²) in [6, 6.07) is 18.2. The predicted molar refractivity (Wildman–Crippen MR) is 112 cm³/mol. The number of fused-ring (bicyclic) bond motifs is 1. The topological polar surface area (TPSA) is 48.7 Å². The Morgan fingerprint density at radius 3 is 2.46 bits per heavy atom. The number of ether oxygens (including phenoxy) is 2. The standard InChI is InChI=1S/C22H21N3O2S/c1-3-27-19-10-6-17(7-11-19)20-14-21-22(23-12-13-25(21)24-20)28-15-16-4-8-18(26-2)9-5-16/h4-14H,3,15H2,1-2H3. The summed E-state index contributed by atoms with van der Waals surface area (Å²) in [4.78, 5) is 4.56. The summed E-state index contributed by atoms with van der Waals surface area (Å²) in [5.41, 5.74) is 4.20. The lowest BCUT2D eigenvalue weighted by Gasteiger charge is -2.04. The first kappa shape index (κ1) is 18.4. The van der Waals surface area contributed by atoms with Crippen molar-refractivity contribution in [1.29, 1.82) is 0 Å². The van der Waals surface area contributed by atoms with Gasteiger partial charge >= 0.3 is 0 Å². The molecule has 0 radical (unpaired) electrons. The second-order valence-corrected chi connectivity index (χ2v) is 7.15. The van der Waals surface area contributed by atoms with E-state index in [-0.39, 0.29) is 0 Å². The van der Waals surface area contributed by atoms with Crippen LogP contribution in [0.5, 0.6) is 11.5 Å². The van der Waals surface area contributed by atoms with Crippen LogP contribution in [-0.4, -0.2) is 28.3 Å². The van der Waals surface area contributed by atoms with Crippen molar-refractivity contribution in [2.75, 3.05) is 13.7 Å². The Bertz CT molecular complexity index is 1060. The molecule has 0 saturated heterocycles. The molecule has 142 valence electrons. The largest absolute Gasteiger partial charge is 0.497 e. The number of hydrogen-bond acceptors (Lipinski definition) is 5. The number of rotatable bonds is 7. The van der Waals surface area contributed by atoms with Crippen LogP contribution in [0.3, 0.4) is 0 Å². The van der Waals surface area contributed by atoms with Crippen LogP contribution in [0.2, 0.25) is 0 Å². The smallest absolute Gasteiger partial charge is 0.122 e. The van der Waals surface area contributed by atoms with E-state index in [9.17, 15) is 0 Å². The average Bonchev–Trinajstić information content (AvgIpc) is 3.18. The van der Waals surface area contributed by atoms with Gasteiger partial charge in [-0.25, -0.2) is 9.50 Å². The van der Waals surface area contributed by atoms with Crippen molar-refractivity contribution in [3.8, 4) is 22.8 Å². The van der Waals surface area contributed by atoms with Crippen LogP contribution in [0.1, 0.15) is 12.5 Å². The lowest BCUT2D eigenvalue weighted by atomic mass is 10.1. The lowest BCUT2D eigenvalue weighted by molar-refractivity contribution is 0.340. The highest BCUT2D eigenvalue weighted by Crippen LogP contribution is 2.29. The summed E-state index contributed by atoms with van der Waals surface area (Å²) in [6.45, 7) is 2.64. The molecule has 0 unspecified atom stereocenters. The fourth-order valence-electron chi connectivity index (χ4n) is 2.91. The highest BCUT2D eigenvalue weighted by molar-refractivity contribution is 7.98. The molecule has 2 aromatic heterocycles. The number of nitrogens with zero attached hydrogens (tertiary/aromatic N) is 3. The Hall–Kier alpha value is -2.99. The Balaban J connectivity index is 1.56. The zero-order valence-electron chi connectivity index (χ0n) is 15.8. The number of aromatic nitrogens is 3. The van der Waals surface area contributed by atoms with Gasteiger partial charge in [-0.05, 0) is 55.0 Å². The van der Waals surface area contributed by atoms with E-state index >= 15 is 0 Å². The van der Waals surface area contributed by atoms with Crippen LogP contribution >= 0.6 is 11.8 Å². The molecule has 2 aromatic carbocycles. The van der Waals surface area contributed by atoms with Crippen molar-refractivity contribution in [2.45, 2.75) is 17.7 Å². The summed E-state index contributed by atoms with van der Waals surface area (Å²) >= 11 is 1.70. The molecule has 5 nitrogen and oxygen atoms in total. The molecule has 0 saturated carbocycles. The highest BCUT2D eigenvalue weighted by atomic mass is 32.2. The predicted octanol–water partition coefficient (Wildman–Crippen LogP) is 5.10. The molecule has 2 heterocycles.